The van der Waals surface area contributed by atoms with Gasteiger partial charge in [0.2, 0.25) is 0 Å². The molecule has 0 bridgehead atoms. The fourth-order valence-electron chi connectivity index (χ4n) is 1.84. The van der Waals surface area contributed by atoms with E-state index in [1.165, 1.54) is 0 Å². The zero-order valence-electron chi connectivity index (χ0n) is 8.77. The van der Waals surface area contributed by atoms with Crippen molar-refractivity contribution in [2.75, 3.05) is 0 Å². The highest BCUT2D eigenvalue weighted by Gasteiger charge is 2.07. The van der Waals surface area contributed by atoms with Crippen LogP contribution in [-0.4, -0.2) is 9.38 Å². The number of hydrogen-bond donors (Lipinski definition) is 0. The van der Waals surface area contributed by atoms with Crippen molar-refractivity contribution in [1.82, 2.24) is 9.38 Å². The van der Waals surface area contributed by atoms with E-state index in [2.05, 4.69) is 33.0 Å². The first-order valence-corrected chi connectivity index (χ1v) is 6.30. The molecule has 0 unspecified atom stereocenters. The second-order valence-electron chi connectivity index (χ2n) is 3.70. The molecule has 0 saturated heterocycles. The fourth-order valence-corrected chi connectivity index (χ4v) is 2.45. The molecule has 1 aromatic carbocycles. The van der Waals surface area contributed by atoms with Crippen LogP contribution in [-0.2, 0) is 0 Å². The minimum atomic E-state index is 0.661. The van der Waals surface area contributed by atoms with Gasteiger partial charge < -0.3 is 0 Å². The third-order valence-electron chi connectivity index (χ3n) is 2.61. The second kappa shape index (κ2) is 4.17. The van der Waals surface area contributed by atoms with Gasteiger partial charge >= 0.3 is 0 Å². The SMILES string of the molecule is Clc1cccn2c(-c3cccc(Br)c3)cnc12. The van der Waals surface area contributed by atoms with Crippen LogP contribution in [0.2, 0.25) is 5.02 Å². The maximum absolute atomic E-state index is 6.10. The summed E-state index contributed by atoms with van der Waals surface area (Å²) < 4.78 is 3.04. The standard InChI is InChI=1S/C13H8BrClN2/c14-10-4-1-3-9(7-10)12-8-16-13-11(15)5-2-6-17(12)13/h1-8H. The molecule has 0 saturated carbocycles. The molecular formula is C13H8BrClN2. The van der Waals surface area contributed by atoms with Crippen LogP contribution in [0.5, 0.6) is 0 Å². The summed E-state index contributed by atoms with van der Waals surface area (Å²) in [5, 5.41) is 0.661. The van der Waals surface area contributed by atoms with Crippen molar-refractivity contribution in [1.29, 1.82) is 0 Å². The van der Waals surface area contributed by atoms with Crippen LogP contribution >= 0.6 is 27.5 Å². The average Bonchev–Trinajstić information content (AvgIpc) is 2.74. The molecule has 2 aromatic heterocycles. The van der Waals surface area contributed by atoms with Gasteiger partial charge in [-0.15, -0.1) is 0 Å². The number of rotatable bonds is 1. The third kappa shape index (κ3) is 1.85. The normalized spacial score (nSPS) is 10.9. The Bertz CT molecular complexity index is 691. The van der Waals surface area contributed by atoms with Gasteiger partial charge in [-0.25, -0.2) is 4.98 Å². The van der Waals surface area contributed by atoms with E-state index in [9.17, 15) is 0 Å². The van der Waals surface area contributed by atoms with Crippen molar-refractivity contribution < 1.29 is 0 Å². The lowest BCUT2D eigenvalue weighted by Gasteiger charge is -2.02. The number of halogens is 2. The lowest BCUT2D eigenvalue weighted by atomic mass is 10.2. The molecule has 2 nitrogen and oxygen atoms in total. The van der Waals surface area contributed by atoms with Gasteiger partial charge in [0.25, 0.3) is 0 Å². The molecule has 0 aliphatic heterocycles. The summed E-state index contributed by atoms with van der Waals surface area (Å²) in [6.45, 7) is 0. The zero-order chi connectivity index (χ0) is 11.8. The predicted octanol–water partition coefficient (Wildman–Crippen LogP) is 4.42. The zero-order valence-corrected chi connectivity index (χ0v) is 11.1. The van der Waals surface area contributed by atoms with Crippen LogP contribution in [0.15, 0.2) is 53.3 Å². The van der Waals surface area contributed by atoms with Gasteiger partial charge in [0.1, 0.15) is 0 Å². The molecule has 4 heteroatoms. The number of pyridine rings is 1. The Hall–Kier alpha value is -1.32. The highest BCUT2D eigenvalue weighted by molar-refractivity contribution is 9.10. The summed E-state index contributed by atoms with van der Waals surface area (Å²) in [4.78, 5) is 4.34. The van der Waals surface area contributed by atoms with Gasteiger partial charge in [0.05, 0.1) is 16.9 Å². The Balaban J connectivity index is 2.28. The first-order chi connectivity index (χ1) is 8.25. The minimum absolute atomic E-state index is 0.661. The third-order valence-corrected chi connectivity index (χ3v) is 3.40. The molecule has 0 amide bonds. The van der Waals surface area contributed by atoms with E-state index in [4.69, 9.17) is 11.6 Å². The lowest BCUT2D eigenvalue weighted by Crippen LogP contribution is -1.87. The van der Waals surface area contributed by atoms with Crippen molar-refractivity contribution in [2.24, 2.45) is 0 Å². The Morgan fingerprint density at radius 1 is 1.18 bits per heavy atom. The highest BCUT2D eigenvalue weighted by Crippen LogP contribution is 2.26. The number of nitrogens with zero attached hydrogens (tertiary/aromatic N) is 2. The van der Waals surface area contributed by atoms with Crippen LogP contribution in [0.25, 0.3) is 16.9 Å². The molecule has 0 radical (unpaired) electrons. The van der Waals surface area contributed by atoms with E-state index in [0.717, 1.165) is 21.4 Å². The number of imidazole rings is 1. The molecule has 0 atom stereocenters. The van der Waals surface area contributed by atoms with Crippen LogP contribution in [0, 0.1) is 0 Å². The molecule has 3 rings (SSSR count). The molecule has 0 N–H and O–H groups in total. The number of hydrogen-bond acceptors (Lipinski definition) is 1. The first-order valence-electron chi connectivity index (χ1n) is 5.13. The van der Waals surface area contributed by atoms with Crippen molar-refractivity contribution in [3.05, 3.63) is 58.3 Å². The lowest BCUT2D eigenvalue weighted by molar-refractivity contribution is 1.19. The van der Waals surface area contributed by atoms with E-state index in [1.807, 2.05) is 41.1 Å². The van der Waals surface area contributed by atoms with Gasteiger partial charge in [-0.2, -0.15) is 0 Å². The maximum Gasteiger partial charge on any atom is 0.156 e. The Kier molecular flexibility index (Phi) is 2.65. The van der Waals surface area contributed by atoms with Gasteiger partial charge in [0, 0.05) is 16.2 Å². The quantitative estimate of drug-likeness (QED) is 0.650. The van der Waals surface area contributed by atoms with E-state index < -0.39 is 0 Å². The van der Waals surface area contributed by atoms with Crippen LogP contribution in [0.1, 0.15) is 0 Å². The molecule has 17 heavy (non-hydrogen) atoms. The van der Waals surface area contributed by atoms with Crippen molar-refractivity contribution in [2.45, 2.75) is 0 Å². The molecule has 0 aliphatic rings. The summed E-state index contributed by atoms with van der Waals surface area (Å²) in [5.41, 5.74) is 2.92. The smallest absolute Gasteiger partial charge is 0.156 e. The fraction of sp³-hybridized carbons (Fsp3) is 0. The van der Waals surface area contributed by atoms with Crippen molar-refractivity contribution in [3.8, 4) is 11.3 Å². The molecule has 0 fully saturated rings. The molecule has 3 aromatic rings. The molecule has 2 heterocycles. The Labute approximate surface area is 112 Å². The number of benzene rings is 1. The van der Waals surface area contributed by atoms with Crippen molar-refractivity contribution >= 4 is 33.2 Å². The minimum Gasteiger partial charge on any atom is -0.298 e. The van der Waals surface area contributed by atoms with E-state index in [-0.39, 0.29) is 0 Å². The highest BCUT2D eigenvalue weighted by atomic mass is 79.9. The van der Waals surface area contributed by atoms with E-state index >= 15 is 0 Å². The van der Waals surface area contributed by atoms with Crippen LogP contribution in [0.3, 0.4) is 0 Å². The maximum atomic E-state index is 6.10. The summed E-state index contributed by atoms with van der Waals surface area (Å²) >= 11 is 9.57. The molecule has 84 valence electrons. The van der Waals surface area contributed by atoms with Gasteiger partial charge in [-0.3, -0.25) is 4.40 Å². The van der Waals surface area contributed by atoms with Gasteiger partial charge in [-0.1, -0.05) is 39.7 Å². The van der Waals surface area contributed by atoms with Gasteiger partial charge in [-0.05, 0) is 24.3 Å². The predicted molar refractivity (Wildman–Crippen MR) is 73.3 cm³/mol. The topological polar surface area (TPSA) is 17.3 Å². The van der Waals surface area contributed by atoms with Crippen LogP contribution < -0.4 is 0 Å². The summed E-state index contributed by atoms with van der Waals surface area (Å²) in [5.74, 6) is 0. The number of fused-ring (bicyclic) bond motifs is 1. The van der Waals surface area contributed by atoms with Gasteiger partial charge in [0.15, 0.2) is 5.65 Å². The molecule has 0 aliphatic carbocycles. The Morgan fingerprint density at radius 2 is 2.06 bits per heavy atom. The second-order valence-corrected chi connectivity index (χ2v) is 5.03. The van der Waals surface area contributed by atoms with E-state index in [0.29, 0.717) is 5.02 Å². The summed E-state index contributed by atoms with van der Waals surface area (Å²) in [6, 6.07) is 11.9. The number of aromatic nitrogens is 2. The summed E-state index contributed by atoms with van der Waals surface area (Å²) in [7, 11) is 0. The largest absolute Gasteiger partial charge is 0.298 e. The molecule has 0 spiro atoms. The van der Waals surface area contributed by atoms with E-state index in [1.54, 1.807) is 0 Å². The average molecular weight is 308 g/mol. The monoisotopic (exact) mass is 306 g/mol. The first kappa shape index (κ1) is 10.8. The molecular weight excluding hydrogens is 300 g/mol. The Morgan fingerprint density at radius 3 is 2.88 bits per heavy atom. The van der Waals surface area contributed by atoms with Crippen molar-refractivity contribution in [3.63, 3.8) is 0 Å². The van der Waals surface area contributed by atoms with Crippen LogP contribution in [0.4, 0.5) is 0 Å². The summed E-state index contributed by atoms with van der Waals surface area (Å²) in [6.07, 6.45) is 3.80.